The maximum atomic E-state index is 12.1. The first-order valence-corrected chi connectivity index (χ1v) is 12.0. The van der Waals surface area contributed by atoms with E-state index in [1.54, 1.807) is 6.20 Å². The first-order valence-electron chi connectivity index (χ1n) is 10.6. The van der Waals surface area contributed by atoms with Gasteiger partial charge in [0.2, 0.25) is 0 Å². The van der Waals surface area contributed by atoms with Crippen LogP contribution in [0.2, 0.25) is 0 Å². The molecule has 0 bridgehead atoms. The quantitative estimate of drug-likeness (QED) is 0.604. The average Bonchev–Trinajstić information content (AvgIpc) is 3.50. The number of carbonyl (C=O) groups is 1. The van der Waals surface area contributed by atoms with Crippen molar-refractivity contribution in [3.63, 3.8) is 0 Å². The Labute approximate surface area is 188 Å². The minimum absolute atomic E-state index is 0.0896. The number of nitriles is 1. The van der Waals surface area contributed by atoms with Gasteiger partial charge >= 0.3 is 0 Å². The molecule has 3 atom stereocenters. The largest absolute Gasteiger partial charge is 0.492 e. The van der Waals surface area contributed by atoms with Crippen LogP contribution < -0.4 is 10.1 Å². The molecule has 1 aliphatic carbocycles. The number of aliphatic imine (C=N–C) groups is 1. The Morgan fingerprint density at radius 2 is 2.12 bits per heavy atom. The lowest BCUT2D eigenvalue weighted by Crippen LogP contribution is -2.24. The molecule has 2 aliphatic rings. The molecule has 6 nitrogen and oxygen atoms in total. The van der Waals surface area contributed by atoms with Gasteiger partial charge in [0.15, 0.2) is 5.17 Å². The fraction of sp³-hybridized carbons (Fsp3) is 0.240. The Balaban J connectivity index is 1.42. The van der Waals surface area contributed by atoms with Gasteiger partial charge in [-0.15, -0.1) is 10.5 Å². The summed E-state index contributed by atoms with van der Waals surface area (Å²) in [7, 11) is -0.420. The van der Waals surface area contributed by atoms with Gasteiger partial charge in [0.25, 0.3) is 5.91 Å². The highest BCUT2D eigenvalue weighted by atomic mass is 32.2. The van der Waals surface area contributed by atoms with Crippen LogP contribution in [-0.4, -0.2) is 39.8 Å². The molecular weight excluding hydrogens is 420 g/mol. The maximum Gasteiger partial charge on any atom is 0.258 e. The summed E-state index contributed by atoms with van der Waals surface area (Å²) in [6.07, 6.45) is 2.59. The molecule has 32 heavy (non-hydrogen) atoms. The summed E-state index contributed by atoms with van der Waals surface area (Å²) in [6, 6.07) is 18.8. The number of aromatic nitrogens is 1. The molecular formula is C25H22N4O2S. The number of nitrogens with one attached hydrogen (secondary N) is 1. The fourth-order valence-electron chi connectivity index (χ4n) is 4.00. The first kappa shape index (κ1) is 20.4. The topological polar surface area (TPSA) is 87.4 Å². The summed E-state index contributed by atoms with van der Waals surface area (Å²) in [5.74, 6) is 1.31. The van der Waals surface area contributed by atoms with E-state index in [2.05, 4.69) is 51.0 Å². The molecule has 1 amide bonds. The number of fused-ring (bicyclic) bond motifs is 1. The van der Waals surface area contributed by atoms with Crippen LogP contribution in [0.3, 0.4) is 0 Å². The van der Waals surface area contributed by atoms with E-state index < -0.39 is 10.5 Å². The van der Waals surface area contributed by atoms with Crippen LogP contribution in [0.5, 0.6) is 5.75 Å². The number of rotatable bonds is 5. The van der Waals surface area contributed by atoms with Gasteiger partial charge in [-0.1, -0.05) is 36.4 Å². The van der Waals surface area contributed by atoms with Crippen molar-refractivity contribution in [2.45, 2.75) is 25.3 Å². The minimum Gasteiger partial charge on any atom is -0.492 e. The molecule has 1 saturated carbocycles. The van der Waals surface area contributed by atoms with E-state index in [0.717, 1.165) is 28.1 Å². The van der Waals surface area contributed by atoms with Crippen LogP contribution in [0.1, 0.15) is 36.0 Å². The summed E-state index contributed by atoms with van der Waals surface area (Å²) in [6.45, 7) is 2.36. The van der Waals surface area contributed by atoms with Gasteiger partial charge in [0.05, 0.1) is 17.9 Å². The van der Waals surface area contributed by atoms with Crippen molar-refractivity contribution < 1.29 is 9.53 Å². The molecule has 160 valence electrons. The third-order valence-corrected chi connectivity index (χ3v) is 7.43. The van der Waals surface area contributed by atoms with Crippen LogP contribution in [0.25, 0.3) is 10.9 Å². The predicted molar refractivity (Wildman–Crippen MR) is 128 cm³/mol. The molecule has 0 spiro atoms. The Morgan fingerprint density at radius 1 is 1.28 bits per heavy atom. The monoisotopic (exact) mass is 442 g/mol. The van der Waals surface area contributed by atoms with Crippen LogP contribution in [0, 0.1) is 11.3 Å². The lowest BCUT2D eigenvalue weighted by molar-refractivity contribution is -0.115. The van der Waals surface area contributed by atoms with Crippen molar-refractivity contribution in [3.05, 3.63) is 71.4 Å². The molecule has 2 aromatic carbocycles. The molecule has 1 N–H and O–H groups in total. The molecule has 5 rings (SSSR count). The number of benzene rings is 2. The number of nitrogens with zero attached hydrogens (tertiary/aromatic N) is 3. The standard InChI is InChI=1S/C25H22N4O2S/c1-2-31-24-18(12-26)13-27-21-9-8-16(10-20(21)24)14-32-15-23(30)29-25(32)28-22-11-19(22)17-6-4-3-5-7-17/h3-10,13-14,19,22H,2,11,15H2,1H3,(H,28,29,30)/t19-,22+,32?/m0/s1. The van der Waals surface area contributed by atoms with Gasteiger partial charge < -0.3 is 10.1 Å². The number of amides is 1. The van der Waals surface area contributed by atoms with Crippen molar-refractivity contribution >= 4 is 37.8 Å². The van der Waals surface area contributed by atoms with E-state index >= 15 is 0 Å². The van der Waals surface area contributed by atoms with Crippen LogP contribution in [-0.2, 0) is 4.79 Å². The van der Waals surface area contributed by atoms with Gasteiger partial charge in [-0.25, -0.2) is 0 Å². The Hall–Kier alpha value is -3.50. The Morgan fingerprint density at radius 3 is 2.91 bits per heavy atom. The second kappa shape index (κ2) is 8.56. The lowest BCUT2D eigenvalue weighted by Gasteiger charge is -2.11. The fourth-order valence-corrected chi connectivity index (χ4v) is 5.65. The highest BCUT2D eigenvalue weighted by molar-refractivity contribution is 8.28. The van der Waals surface area contributed by atoms with Crippen molar-refractivity contribution in [2.24, 2.45) is 4.99 Å². The van der Waals surface area contributed by atoms with Gasteiger partial charge in [0, 0.05) is 23.5 Å². The number of carbonyl (C=O) groups excluding carboxylic acids is 1. The number of ether oxygens (including phenoxy) is 1. The van der Waals surface area contributed by atoms with Crippen LogP contribution >= 0.6 is 10.5 Å². The summed E-state index contributed by atoms with van der Waals surface area (Å²) < 4.78 is 5.75. The Kier molecular flexibility index (Phi) is 5.46. The second-order valence-electron chi connectivity index (χ2n) is 7.83. The summed E-state index contributed by atoms with van der Waals surface area (Å²) >= 11 is 0. The van der Waals surface area contributed by atoms with E-state index in [0.29, 0.717) is 35.6 Å². The molecule has 7 heteroatoms. The van der Waals surface area contributed by atoms with Gasteiger partial charge in [-0.3, -0.25) is 9.78 Å². The molecule has 0 radical (unpaired) electrons. The third-order valence-electron chi connectivity index (χ3n) is 5.61. The maximum absolute atomic E-state index is 12.1. The first-order chi connectivity index (χ1) is 15.7. The Bertz CT molecular complexity index is 1310. The van der Waals surface area contributed by atoms with E-state index in [-0.39, 0.29) is 5.91 Å². The van der Waals surface area contributed by atoms with Crippen molar-refractivity contribution in [2.75, 3.05) is 12.4 Å². The van der Waals surface area contributed by atoms with Gasteiger partial charge in [-0.05, 0) is 42.0 Å². The van der Waals surface area contributed by atoms with E-state index in [9.17, 15) is 10.1 Å². The van der Waals surface area contributed by atoms with E-state index in [1.807, 2.05) is 31.2 Å². The molecule has 3 aromatic rings. The van der Waals surface area contributed by atoms with Crippen molar-refractivity contribution in [1.82, 2.24) is 10.3 Å². The smallest absolute Gasteiger partial charge is 0.258 e. The minimum atomic E-state index is -0.420. The normalized spacial score (nSPS) is 21.9. The zero-order valence-electron chi connectivity index (χ0n) is 17.6. The van der Waals surface area contributed by atoms with Crippen LogP contribution in [0.4, 0.5) is 0 Å². The molecule has 1 fully saturated rings. The van der Waals surface area contributed by atoms with Crippen molar-refractivity contribution in [1.29, 1.82) is 5.26 Å². The number of hydrogen-bond donors (Lipinski definition) is 1. The second-order valence-corrected chi connectivity index (χ2v) is 9.60. The number of hydrogen-bond acceptors (Lipinski definition) is 5. The summed E-state index contributed by atoms with van der Waals surface area (Å²) in [5, 5.41) is 16.6. The highest BCUT2D eigenvalue weighted by Gasteiger charge is 2.40. The molecule has 2 heterocycles. The predicted octanol–water partition coefficient (Wildman–Crippen LogP) is 3.97. The number of pyridine rings is 1. The number of amidine groups is 1. The highest BCUT2D eigenvalue weighted by Crippen LogP contribution is 2.41. The molecule has 1 aromatic heterocycles. The zero-order valence-corrected chi connectivity index (χ0v) is 18.4. The molecule has 1 aliphatic heterocycles. The van der Waals surface area contributed by atoms with E-state index in [1.165, 1.54) is 5.56 Å². The third kappa shape index (κ3) is 4.02. The van der Waals surface area contributed by atoms with E-state index in [4.69, 9.17) is 4.74 Å². The van der Waals surface area contributed by atoms with Gasteiger partial charge in [-0.2, -0.15) is 10.3 Å². The molecule has 0 saturated heterocycles. The average molecular weight is 443 g/mol. The van der Waals surface area contributed by atoms with Gasteiger partial charge in [0.1, 0.15) is 17.4 Å². The summed E-state index contributed by atoms with van der Waals surface area (Å²) in [5.41, 5.74) is 3.46. The summed E-state index contributed by atoms with van der Waals surface area (Å²) in [4.78, 5) is 20.8. The molecule has 1 unspecified atom stereocenters. The lowest BCUT2D eigenvalue weighted by atomic mass is 10.1. The SMILES string of the molecule is CCOc1c(C#N)cnc2ccc(/C=S3/CC(=O)N=C3N[C@@H]3C[C@H]3c3ccccc3)cc12. The van der Waals surface area contributed by atoms with Crippen LogP contribution in [0.15, 0.2) is 59.7 Å². The zero-order chi connectivity index (χ0) is 22.1. The van der Waals surface area contributed by atoms with Crippen molar-refractivity contribution in [3.8, 4) is 11.8 Å².